The first kappa shape index (κ1) is 27.3. The lowest BCUT2D eigenvalue weighted by molar-refractivity contribution is -0.0949. The van der Waals surface area contributed by atoms with Gasteiger partial charge in [-0.15, -0.1) is 0 Å². The lowest BCUT2D eigenvalue weighted by Gasteiger charge is -2.45. The molecule has 212 valence electrons. The first-order valence-electron chi connectivity index (χ1n) is 12.7. The van der Waals surface area contributed by atoms with E-state index in [4.69, 9.17) is 31.0 Å². The lowest BCUT2D eigenvalue weighted by atomic mass is 9.96. The minimum Gasteiger partial charge on any atom is -0.457 e. The van der Waals surface area contributed by atoms with Gasteiger partial charge in [0, 0.05) is 27.0 Å². The fourth-order valence-corrected chi connectivity index (χ4v) is 7.14. The fraction of sp³-hybridized carbons (Fsp3) is 0.103. The molecule has 1 spiro atoms. The lowest BCUT2D eigenvalue weighted by Crippen LogP contribution is -2.61. The molecular formula is C29H20BrClN4O5S2. The quantitative estimate of drug-likeness (QED) is 0.245. The van der Waals surface area contributed by atoms with Crippen LogP contribution < -0.4 is 15.2 Å². The number of carbonyl (C=O) groups is 1. The number of halogens is 2. The summed E-state index contributed by atoms with van der Waals surface area (Å²) < 4.78 is 36.8. The molecule has 3 aliphatic heterocycles. The minimum atomic E-state index is -3.81. The Morgan fingerprint density at radius 1 is 1.07 bits per heavy atom. The monoisotopic (exact) mass is 682 g/mol. The van der Waals surface area contributed by atoms with Crippen molar-refractivity contribution in [2.24, 2.45) is 10.2 Å². The number of nitrogens with two attached hydrogens (primary N) is 1. The van der Waals surface area contributed by atoms with Crippen molar-refractivity contribution in [2.45, 2.75) is 23.2 Å². The number of sulfonamides is 1. The molecule has 1 aromatic heterocycles. The number of amides is 1. The minimum absolute atomic E-state index is 0.00878. The molecule has 0 bridgehead atoms. The number of nitrogens with zero attached hydrogens (tertiary/aromatic N) is 2. The van der Waals surface area contributed by atoms with Crippen LogP contribution in [0, 0.1) is 0 Å². The van der Waals surface area contributed by atoms with Crippen molar-refractivity contribution in [1.82, 2.24) is 10.3 Å². The van der Waals surface area contributed by atoms with E-state index in [-0.39, 0.29) is 16.2 Å². The Balaban J connectivity index is 1.29. The topological polar surface area (TPSA) is 127 Å². The van der Waals surface area contributed by atoms with Gasteiger partial charge in [-0.25, -0.2) is 18.6 Å². The van der Waals surface area contributed by atoms with Gasteiger partial charge in [-0.3, -0.25) is 10.1 Å². The summed E-state index contributed by atoms with van der Waals surface area (Å²) in [6, 6.07) is 22.7. The molecule has 4 aromatic rings. The largest absolute Gasteiger partial charge is 0.457 e. The van der Waals surface area contributed by atoms with Gasteiger partial charge in [0.25, 0.3) is 5.24 Å². The van der Waals surface area contributed by atoms with Crippen LogP contribution in [0.5, 0.6) is 5.75 Å². The van der Waals surface area contributed by atoms with E-state index >= 15 is 0 Å². The molecule has 7 rings (SSSR count). The Hall–Kier alpha value is -3.55. The Morgan fingerprint density at radius 3 is 2.55 bits per heavy atom. The number of furan rings is 1. The molecule has 2 atom stereocenters. The van der Waals surface area contributed by atoms with E-state index in [1.807, 2.05) is 47.5 Å². The van der Waals surface area contributed by atoms with Gasteiger partial charge < -0.3 is 9.15 Å². The highest BCUT2D eigenvalue weighted by molar-refractivity contribution is 9.10. The summed E-state index contributed by atoms with van der Waals surface area (Å²) in [5, 5.41) is 15.4. The second-order valence-corrected chi connectivity index (χ2v) is 13.8. The average molecular weight is 684 g/mol. The molecule has 9 nitrogen and oxygen atoms in total. The van der Waals surface area contributed by atoms with Gasteiger partial charge in [-0.1, -0.05) is 39.7 Å². The number of primary sulfonamides is 1. The summed E-state index contributed by atoms with van der Waals surface area (Å²) in [6.07, 6.45) is 2.34. The van der Waals surface area contributed by atoms with Crippen molar-refractivity contribution in [1.29, 1.82) is 0 Å². The summed E-state index contributed by atoms with van der Waals surface area (Å²) in [5.41, 5.74) is 3.37. The van der Waals surface area contributed by atoms with Crippen molar-refractivity contribution in [3.63, 3.8) is 0 Å². The smallest absolute Gasteiger partial charge is 0.314 e. The molecule has 0 saturated carbocycles. The highest BCUT2D eigenvalue weighted by atomic mass is 79.9. The average Bonchev–Trinajstić information content (AvgIpc) is 3.68. The Labute approximate surface area is 258 Å². The molecule has 3 aromatic carbocycles. The third-order valence-electron chi connectivity index (χ3n) is 7.17. The SMILES string of the molecule is NS(=O)(=O)c1ccc(-c2ccc(/C=C3\SC(=O)NC34Oc3ccc(Br)cc3C3CC(c5ccc(Cl)cc5)=NN34)o2)cc1. The molecule has 4 heterocycles. The van der Waals surface area contributed by atoms with Crippen molar-refractivity contribution in [3.8, 4) is 17.1 Å². The van der Waals surface area contributed by atoms with Crippen LogP contribution in [0.1, 0.15) is 29.3 Å². The van der Waals surface area contributed by atoms with E-state index in [9.17, 15) is 13.2 Å². The Morgan fingerprint density at radius 2 is 1.81 bits per heavy atom. The first-order chi connectivity index (χ1) is 20.1. The predicted molar refractivity (Wildman–Crippen MR) is 164 cm³/mol. The summed E-state index contributed by atoms with van der Waals surface area (Å²) in [7, 11) is -3.81. The van der Waals surface area contributed by atoms with Crippen molar-refractivity contribution < 1.29 is 22.4 Å². The number of hydrogen-bond donors (Lipinski definition) is 2. The molecule has 3 aliphatic rings. The molecule has 1 amide bonds. The van der Waals surface area contributed by atoms with Crippen molar-refractivity contribution in [2.75, 3.05) is 0 Å². The van der Waals surface area contributed by atoms with Crippen LogP contribution in [0.25, 0.3) is 17.4 Å². The second kappa shape index (κ2) is 10.0. The third-order valence-corrected chi connectivity index (χ3v) is 9.75. The zero-order valence-electron chi connectivity index (χ0n) is 21.5. The highest BCUT2D eigenvalue weighted by Gasteiger charge is 2.58. The number of benzene rings is 3. The van der Waals surface area contributed by atoms with Gasteiger partial charge in [0.2, 0.25) is 10.0 Å². The molecule has 3 N–H and O–H groups in total. The zero-order chi connectivity index (χ0) is 29.2. The van der Waals surface area contributed by atoms with Gasteiger partial charge in [0.05, 0.1) is 21.6 Å². The van der Waals surface area contributed by atoms with Crippen LogP contribution in [0.15, 0.2) is 103 Å². The molecule has 0 aliphatic carbocycles. The number of hydrogen-bond acceptors (Lipinski definition) is 8. The van der Waals surface area contributed by atoms with Gasteiger partial charge >= 0.3 is 5.85 Å². The normalized spacial score (nSPS) is 22.1. The number of fused-ring (bicyclic) bond motifs is 4. The number of hydrazone groups is 1. The van der Waals surface area contributed by atoms with Crippen LogP contribution in [-0.2, 0) is 10.0 Å². The van der Waals surface area contributed by atoms with E-state index in [0.29, 0.717) is 39.2 Å². The fourth-order valence-electron chi connectivity index (χ4n) is 5.23. The molecule has 42 heavy (non-hydrogen) atoms. The summed E-state index contributed by atoms with van der Waals surface area (Å²) in [6.45, 7) is 0. The molecule has 1 fully saturated rings. The Bertz CT molecular complexity index is 1930. The van der Waals surface area contributed by atoms with Crippen LogP contribution in [0.3, 0.4) is 0 Å². The third kappa shape index (κ3) is 4.73. The molecule has 13 heteroatoms. The van der Waals surface area contributed by atoms with E-state index in [1.165, 1.54) is 12.1 Å². The molecule has 0 radical (unpaired) electrons. The Kier molecular flexibility index (Phi) is 6.51. The van der Waals surface area contributed by atoms with Crippen LogP contribution in [0.2, 0.25) is 5.02 Å². The predicted octanol–water partition coefficient (Wildman–Crippen LogP) is 6.70. The molecular weight excluding hydrogens is 664 g/mol. The number of nitrogens with one attached hydrogen (secondary N) is 1. The van der Waals surface area contributed by atoms with Crippen LogP contribution in [-0.4, -0.2) is 30.2 Å². The number of carbonyl (C=O) groups excluding carboxylic acids is 1. The summed E-state index contributed by atoms with van der Waals surface area (Å²) in [4.78, 5) is 13.5. The highest BCUT2D eigenvalue weighted by Crippen LogP contribution is 2.53. The number of thioether (sulfide) groups is 1. The van der Waals surface area contributed by atoms with E-state index in [2.05, 4.69) is 21.2 Å². The first-order valence-corrected chi connectivity index (χ1v) is 16.2. The maximum absolute atomic E-state index is 12.9. The van der Waals surface area contributed by atoms with Gasteiger partial charge in [0.1, 0.15) is 17.3 Å². The number of rotatable bonds is 4. The molecule has 1 saturated heterocycles. The number of ether oxygens (including phenoxy) is 1. The van der Waals surface area contributed by atoms with Crippen molar-refractivity contribution >= 4 is 66.3 Å². The van der Waals surface area contributed by atoms with Crippen LogP contribution >= 0.6 is 39.3 Å². The van der Waals surface area contributed by atoms with Gasteiger partial charge in [-0.05, 0) is 90.1 Å². The summed E-state index contributed by atoms with van der Waals surface area (Å²) >= 11 is 10.7. The maximum Gasteiger partial charge on any atom is 0.314 e. The van der Waals surface area contributed by atoms with Gasteiger partial charge in [-0.2, -0.15) is 5.10 Å². The van der Waals surface area contributed by atoms with E-state index in [0.717, 1.165) is 33.1 Å². The second-order valence-electron chi connectivity index (χ2n) is 9.84. The van der Waals surface area contributed by atoms with E-state index in [1.54, 1.807) is 30.3 Å². The molecule has 2 unspecified atom stereocenters. The zero-order valence-corrected chi connectivity index (χ0v) is 25.4. The standard InChI is InChI=1S/C29H20BrClN4O5S2/c30-18-5-11-26-22(13-18)24-15-23(16-1-6-19(31)7-2-16)34-35(24)29(40-26)27(41-28(36)33-29)14-20-8-12-25(39-20)17-3-9-21(10-4-17)42(32,37)38/h1-14,24H,15H2,(H,33,36)(H2,32,37,38)/b27-14-. The van der Waals surface area contributed by atoms with Gasteiger partial charge in [0.15, 0.2) is 0 Å². The van der Waals surface area contributed by atoms with Crippen LogP contribution in [0.4, 0.5) is 4.79 Å². The maximum atomic E-state index is 12.9. The summed E-state index contributed by atoms with van der Waals surface area (Å²) in [5.74, 6) is 0.226. The van der Waals surface area contributed by atoms with Crippen molar-refractivity contribution in [3.05, 3.63) is 110 Å². The van der Waals surface area contributed by atoms with E-state index < -0.39 is 15.9 Å².